The molecule has 0 aromatic carbocycles. The van der Waals surface area contributed by atoms with E-state index in [2.05, 4.69) is 0 Å². The minimum Gasteiger partial charge on any atom is -0.459 e. The summed E-state index contributed by atoms with van der Waals surface area (Å²) in [6.07, 6.45) is 14.2. The van der Waals surface area contributed by atoms with Crippen LogP contribution >= 0.6 is 0 Å². The first-order valence-electron chi connectivity index (χ1n) is 13.1. The van der Waals surface area contributed by atoms with Crippen LogP contribution in [0.25, 0.3) is 0 Å². The lowest BCUT2D eigenvalue weighted by atomic mass is 9.54. The van der Waals surface area contributed by atoms with Crippen LogP contribution in [0.3, 0.4) is 0 Å². The van der Waals surface area contributed by atoms with Crippen LogP contribution in [0.15, 0.2) is 0 Å². The van der Waals surface area contributed by atoms with Crippen molar-refractivity contribution < 1.29 is 19.1 Å². The Bertz CT molecular complexity index is 710. The van der Waals surface area contributed by atoms with Gasteiger partial charge in [0.1, 0.15) is 11.2 Å². The summed E-state index contributed by atoms with van der Waals surface area (Å²) in [5.74, 6) is 3.57. The number of hydrogen-bond donors (Lipinski definition) is 0. The van der Waals surface area contributed by atoms with Gasteiger partial charge in [-0.15, -0.1) is 0 Å². The Balaban J connectivity index is 1.13. The number of rotatable bonds is 5. The van der Waals surface area contributed by atoms with Crippen molar-refractivity contribution >= 4 is 11.9 Å². The molecule has 4 nitrogen and oxygen atoms in total. The fourth-order valence-electron chi connectivity index (χ4n) is 9.41. The quantitative estimate of drug-likeness (QED) is 0.529. The van der Waals surface area contributed by atoms with Gasteiger partial charge in [-0.2, -0.15) is 0 Å². The van der Waals surface area contributed by atoms with E-state index in [0.717, 1.165) is 74.0 Å². The Hall–Kier alpha value is -1.06. The topological polar surface area (TPSA) is 52.6 Å². The fraction of sp³-hybridized carbons (Fsp3) is 0.926. The molecule has 8 aliphatic rings. The molecule has 0 saturated heterocycles. The summed E-state index contributed by atoms with van der Waals surface area (Å²) < 4.78 is 12.6. The molecule has 31 heavy (non-hydrogen) atoms. The molecule has 4 heteroatoms. The Morgan fingerprint density at radius 2 is 1.00 bits per heavy atom. The number of carbonyl (C=O) groups is 2. The molecule has 8 rings (SSSR count). The first-order valence-corrected chi connectivity index (χ1v) is 13.1. The molecule has 0 spiro atoms. The van der Waals surface area contributed by atoms with Gasteiger partial charge in [0.05, 0.1) is 11.3 Å². The van der Waals surface area contributed by atoms with Crippen molar-refractivity contribution in [3.8, 4) is 0 Å². The molecule has 8 aliphatic carbocycles. The molecule has 8 fully saturated rings. The molecule has 172 valence electrons. The van der Waals surface area contributed by atoms with Crippen LogP contribution in [-0.2, 0) is 19.1 Å². The van der Waals surface area contributed by atoms with Crippen molar-refractivity contribution in [1.82, 2.24) is 0 Å². The first kappa shape index (κ1) is 20.5. The van der Waals surface area contributed by atoms with Gasteiger partial charge >= 0.3 is 11.9 Å². The highest BCUT2D eigenvalue weighted by molar-refractivity contribution is 5.85. The lowest BCUT2D eigenvalue weighted by Gasteiger charge is -2.56. The molecule has 0 heterocycles. The van der Waals surface area contributed by atoms with Crippen LogP contribution in [0.4, 0.5) is 0 Å². The van der Waals surface area contributed by atoms with Gasteiger partial charge in [-0.05, 0) is 126 Å². The van der Waals surface area contributed by atoms with Gasteiger partial charge in [-0.3, -0.25) is 9.59 Å². The second kappa shape index (κ2) is 6.73. The molecule has 0 aliphatic heterocycles. The molecule has 8 saturated carbocycles. The maximum absolute atomic E-state index is 13.4. The van der Waals surface area contributed by atoms with E-state index in [1.165, 1.54) is 38.5 Å². The smallest absolute Gasteiger partial charge is 0.312 e. The second-order valence-corrected chi connectivity index (χ2v) is 13.5. The number of hydrogen-bond acceptors (Lipinski definition) is 4. The minimum absolute atomic E-state index is 0.186. The van der Waals surface area contributed by atoms with E-state index < -0.39 is 11.3 Å². The summed E-state index contributed by atoms with van der Waals surface area (Å²) in [6, 6.07) is 0. The van der Waals surface area contributed by atoms with Crippen LogP contribution in [0.2, 0.25) is 0 Å². The van der Waals surface area contributed by atoms with Crippen LogP contribution in [0.5, 0.6) is 0 Å². The van der Waals surface area contributed by atoms with E-state index in [1.807, 2.05) is 20.8 Å². The highest BCUT2D eigenvalue weighted by Crippen LogP contribution is 2.59. The van der Waals surface area contributed by atoms with Crippen molar-refractivity contribution in [2.75, 3.05) is 0 Å². The average molecular weight is 429 g/mol. The zero-order valence-corrected chi connectivity index (χ0v) is 19.7. The average Bonchev–Trinajstić information content (AvgIpc) is 2.64. The third-order valence-electron chi connectivity index (χ3n) is 10.6. The minimum atomic E-state index is -0.858. The molecule has 0 radical (unpaired) electrons. The van der Waals surface area contributed by atoms with Crippen molar-refractivity contribution in [2.24, 2.45) is 46.8 Å². The van der Waals surface area contributed by atoms with Gasteiger partial charge in [-0.25, -0.2) is 0 Å². The summed E-state index contributed by atoms with van der Waals surface area (Å²) in [5.41, 5.74) is -1.37. The van der Waals surface area contributed by atoms with Gasteiger partial charge in [0.2, 0.25) is 0 Å². The van der Waals surface area contributed by atoms with Gasteiger partial charge in [0.15, 0.2) is 0 Å². The van der Waals surface area contributed by atoms with Gasteiger partial charge in [0, 0.05) is 0 Å². The predicted molar refractivity (Wildman–Crippen MR) is 117 cm³/mol. The first-order chi connectivity index (χ1) is 14.6. The van der Waals surface area contributed by atoms with Crippen molar-refractivity contribution in [3.05, 3.63) is 0 Å². The van der Waals surface area contributed by atoms with E-state index in [4.69, 9.17) is 9.47 Å². The van der Waals surface area contributed by atoms with E-state index in [9.17, 15) is 9.59 Å². The molecule has 0 aromatic heterocycles. The highest BCUT2D eigenvalue weighted by atomic mass is 16.6. The third kappa shape index (κ3) is 3.37. The monoisotopic (exact) mass is 428 g/mol. The summed E-state index contributed by atoms with van der Waals surface area (Å²) in [5, 5.41) is 0. The summed E-state index contributed by atoms with van der Waals surface area (Å²) in [7, 11) is 0. The number of esters is 2. The fourth-order valence-corrected chi connectivity index (χ4v) is 9.41. The van der Waals surface area contributed by atoms with E-state index >= 15 is 0 Å². The molecule has 1 unspecified atom stereocenters. The summed E-state index contributed by atoms with van der Waals surface area (Å²) >= 11 is 0. The van der Waals surface area contributed by atoms with Crippen LogP contribution < -0.4 is 0 Å². The summed E-state index contributed by atoms with van der Waals surface area (Å²) in [4.78, 5) is 26.7. The maximum Gasteiger partial charge on any atom is 0.312 e. The van der Waals surface area contributed by atoms with Gasteiger partial charge in [-0.1, -0.05) is 6.92 Å². The van der Waals surface area contributed by atoms with Crippen molar-refractivity contribution in [3.63, 3.8) is 0 Å². The molecule has 0 N–H and O–H groups in total. The van der Waals surface area contributed by atoms with E-state index in [0.29, 0.717) is 0 Å². The molecule has 1 atom stereocenters. The van der Waals surface area contributed by atoms with Crippen LogP contribution in [0, 0.1) is 46.8 Å². The number of carbonyl (C=O) groups excluding carboxylic acids is 2. The highest BCUT2D eigenvalue weighted by Gasteiger charge is 2.56. The Kier molecular flexibility index (Phi) is 4.46. The van der Waals surface area contributed by atoms with Crippen molar-refractivity contribution in [1.29, 1.82) is 0 Å². The van der Waals surface area contributed by atoms with Crippen LogP contribution in [-0.4, -0.2) is 23.1 Å². The Morgan fingerprint density at radius 1 is 0.677 bits per heavy atom. The zero-order chi connectivity index (χ0) is 21.6. The molecule has 0 amide bonds. The van der Waals surface area contributed by atoms with Crippen LogP contribution in [0.1, 0.15) is 97.8 Å². The lowest BCUT2D eigenvalue weighted by molar-refractivity contribution is -0.207. The van der Waals surface area contributed by atoms with Gasteiger partial charge < -0.3 is 9.47 Å². The predicted octanol–water partition coefficient (Wildman–Crippen LogP) is 5.67. The standard InChI is InChI=1S/C27H40O4/c1-16(23(28)30-26-10-17-4-18(11-26)6-19(5-17)12-26)25(2,3)24(29)31-27-13-20-7-21(14-27)9-22(8-20)15-27/h16-22H,4-15H2,1-3H3. The molecular formula is C27H40O4. The summed E-state index contributed by atoms with van der Waals surface area (Å²) in [6.45, 7) is 5.66. The number of ether oxygens (including phenoxy) is 2. The molecule has 8 bridgehead atoms. The van der Waals surface area contributed by atoms with E-state index in [-0.39, 0.29) is 23.1 Å². The van der Waals surface area contributed by atoms with Crippen molar-refractivity contribution in [2.45, 2.75) is 109 Å². The Morgan fingerprint density at radius 3 is 1.35 bits per heavy atom. The SMILES string of the molecule is CC(C(=O)OC12CC3CC(CC(C3)C1)C2)C(C)(C)C(=O)OC12CC3CC(CC(C3)C1)C2. The van der Waals surface area contributed by atoms with Gasteiger partial charge in [0.25, 0.3) is 0 Å². The maximum atomic E-state index is 13.4. The molecular weight excluding hydrogens is 388 g/mol. The largest absolute Gasteiger partial charge is 0.459 e. The zero-order valence-electron chi connectivity index (χ0n) is 19.7. The third-order valence-corrected chi connectivity index (χ3v) is 10.6. The Labute approximate surface area is 187 Å². The molecule has 0 aromatic rings. The normalized spacial score (nSPS) is 48.0. The van der Waals surface area contributed by atoms with E-state index in [1.54, 1.807) is 0 Å². The lowest BCUT2D eigenvalue weighted by Crippen LogP contribution is -2.55. The second-order valence-electron chi connectivity index (χ2n) is 13.5.